The smallest absolute Gasteiger partial charge is 0.262 e. The Morgan fingerprint density at radius 2 is 1.67 bits per heavy atom. The van der Waals surface area contributed by atoms with Gasteiger partial charge in [-0.3, -0.25) is 14.4 Å². The predicted molar refractivity (Wildman–Crippen MR) is 130 cm³/mol. The zero-order chi connectivity index (χ0) is 23.1. The van der Waals surface area contributed by atoms with E-state index in [-0.39, 0.29) is 48.0 Å². The van der Waals surface area contributed by atoms with Gasteiger partial charge in [0.2, 0.25) is 0 Å². The molecule has 33 heavy (non-hydrogen) atoms. The van der Waals surface area contributed by atoms with Gasteiger partial charge in [-0.1, -0.05) is 30.4 Å². The van der Waals surface area contributed by atoms with E-state index in [4.69, 9.17) is 4.74 Å². The fourth-order valence-electron chi connectivity index (χ4n) is 4.77. The molecule has 2 bridgehead atoms. The van der Waals surface area contributed by atoms with Crippen molar-refractivity contribution in [2.75, 3.05) is 11.9 Å². The van der Waals surface area contributed by atoms with Crippen molar-refractivity contribution >= 4 is 61.5 Å². The molecule has 2 fully saturated rings. The summed E-state index contributed by atoms with van der Waals surface area (Å²) in [7, 11) is 0. The molecule has 1 N–H and O–H groups in total. The highest BCUT2D eigenvalue weighted by atomic mass is 79.9. The third-order valence-electron chi connectivity index (χ3n) is 6.20. The Bertz CT molecular complexity index is 1140. The maximum absolute atomic E-state index is 12.8. The largest absolute Gasteiger partial charge is 0.481 e. The first kappa shape index (κ1) is 22.0. The first-order valence-electron chi connectivity index (χ1n) is 10.5. The van der Waals surface area contributed by atoms with Crippen LogP contribution < -0.4 is 10.1 Å². The molecular formula is C24H19Br2N3O4. The summed E-state index contributed by atoms with van der Waals surface area (Å²) in [6.45, 7) is -0.171. The number of benzene rings is 2. The number of anilines is 1. The van der Waals surface area contributed by atoms with Crippen LogP contribution in [-0.2, 0) is 14.4 Å². The summed E-state index contributed by atoms with van der Waals surface area (Å²) in [5.74, 6) is -0.527. The Morgan fingerprint density at radius 3 is 2.27 bits per heavy atom. The van der Waals surface area contributed by atoms with Crippen LogP contribution in [0.1, 0.15) is 12.0 Å². The minimum Gasteiger partial charge on any atom is -0.481 e. The molecule has 2 aromatic carbocycles. The van der Waals surface area contributed by atoms with E-state index in [1.54, 1.807) is 24.3 Å². The standard InChI is InChI=1S/C24H19Br2N3O4/c25-17-8-13(9-18(26)22(17)33-12-19(30)28-16-4-2-1-3-5-16)11-27-29-23(31)20-14-6-7-15(10-14)21(20)24(29)32/h1-9,11,14-15,20-21H,10,12H2,(H,28,30)/t14-,15-,20-,21+/m0/s1. The first-order valence-corrected chi connectivity index (χ1v) is 12.1. The lowest BCUT2D eigenvalue weighted by atomic mass is 9.85. The van der Waals surface area contributed by atoms with Crippen LogP contribution in [0.5, 0.6) is 5.75 Å². The van der Waals surface area contributed by atoms with Crippen molar-refractivity contribution in [3.63, 3.8) is 0 Å². The SMILES string of the molecule is O=C(COc1c(Br)cc(C=NN2C(=O)[C@@H]3[C@H](C2=O)[C@H]2C=C[C@H]3C2)cc1Br)Nc1ccccc1. The molecule has 2 aliphatic carbocycles. The number of hydrogen-bond acceptors (Lipinski definition) is 5. The molecule has 0 radical (unpaired) electrons. The fourth-order valence-corrected chi connectivity index (χ4v) is 6.22. The van der Waals surface area contributed by atoms with Crippen LogP contribution in [0.3, 0.4) is 0 Å². The van der Waals surface area contributed by atoms with Gasteiger partial charge in [-0.25, -0.2) is 0 Å². The molecule has 1 aliphatic heterocycles. The van der Waals surface area contributed by atoms with E-state index in [1.807, 2.05) is 18.2 Å². The van der Waals surface area contributed by atoms with Crippen molar-refractivity contribution in [2.24, 2.45) is 28.8 Å². The van der Waals surface area contributed by atoms with E-state index in [0.717, 1.165) is 11.4 Å². The lowest BCUT2D eigenvalue weighted by molar-refractivity contribution is -0.140. The summed E-state index contributed by atoms with van der Waals surface area (Å²) in [5.41, 5.74) is 1.35. The van der Waals surface area contributed by atoms with Crippen LogP contribution in [0.2, 0.25) is 0 Å². The number of allylic oxidation sites excluding steroid dienone is 2. The number of nitrogens with zero attached hydrogens (tertiary/aromatic N) is 2. The minimum absolute atomic E-state index is 0.149. The summed E-state index contributed by atoms with van der Waals surface area (Å²) in [6, 6.07) is 12.6. The van der Waals surface area contributed by atoms with E-state index in [0.29, 0.717) is 25.9 Å². The van der Waals surface area contributed by atoms with Crippen molar-refractivity contribution in [3.05, 3.63) is 69.1 Å². The van der Waals surface area contributed by atoms with Crippen LogP contribution in [0.25, 0.3) is 0 Å². The first-order chi connectivity index (χ1) is 15.9. The van der Waals surface area contributed by atoms with Crippen LogP contribution >= 0.6 is 31.9 Å². The summed E-state index contributed by atoms with van der Waals surface area (Å²) < 4.78 is 6.88. The second-order valence-electron chi connectivity index (χ2n) is 8.25. The monoisotopic (exact) mass is 571 g/mol. The van der Waals surface area contributed by atoms with Gasteiger partial charge in [-0.05, 0) is 79.9 Å². The lowest BCUT2D eigenvalue weighted by Gasteiger charge is -2.13. The van der Waals surface area contributed by atoms with E-state index in [1.165, 1.54) is 6.21 Å². The number of para-hydroxylation sites is 1. The molecule has 1 saturated carbocycles. The van der Waals surface area contributed by atoms with Gasteiger partial charge in [0.25, 0.3) is 17.7 Å². The van der Waals surface area contributed by atoms with Gasteiger partial charge >= 0.3 is 0 Å². The molecule has 0 spiro atoms. The highest BCUT2D eigenvalue weighted by Crippen LogP contribution is 2.52. The highest BCUT2D eigenvalue weighted by molar-refractivity contribution is 9.11. The summed E-state index contributed by atoms with van der Waals surface area (Å²) in [6.07, 6.45) is 6.47. The van der Waals surface area contributed by atoms with E-state index in [2.05, 4.69) is 54.4 Å². The second kappa shape index (κ2) is 8.87. The van der Waals surface area contributed by atoms with Gasteiger partial charge in [0.1, 0.15) is 5.75 Å². The van der Waals surface area contributed by atoms with E-state index in [9.17, 15) is 14.4 Å². The molecule has 3 aliphatic rings. The van der Waals surface area contributed by atoms with Crippen molar-refractivity contribution in [3.8, 4) is 5.75 Å². The molecule has 1 saturated heterocycles. The molecule has 5 rings (SSSR count). The van der Waals surface area contributed by atoms with Crippen LogP contribution in [-0.4, -0.2) is 35.6 Å². The molecule has 0 aromatic heterocycles. The van der Waals surface area contributed by atoms with Crippen molar-refractivity contribution in [1.29, 1.82) is 0 Å². The molecule has 1 heterocycles. The number of ether oxygens (including phenoxy) is 1. The van der Waals surface area contributed by atoms with Crippen molar-refractivity contribution < 1.29 is 19.1 Å². The van der Waals surface area contributed by atoms with Gasteiger partial charge < -0.3 is 10.1 Å². The average molecular weight is 573 g/mol. The fraction of sp³-hybridized carbons (Fsp3) is 0.250. The quantitative estimate of drug-likeness (QED) is 0.316. The Balaban J connectivity index is 1.24. The Hall–Kier alpha value is -2.78. The number of rotatable bonds is 6. The molecule has 4 atom stereocenters. The number of halogens is 2. The van der Waals surface area contributed by atoms with Gasteiger partial charge in [-0.2, -0.15) is 10.1 Å². The van der Waals surface area contributed by atoms with Crippen molar-refractivity contribution in [2.45, 2.75) is 6.42 Å². The number of nitrogens with one attached hydrogen (secondary N) is 1. The molecular weight excluding hydrogens is 554 g/mol. The topological polar surface area (TPSA) is 88.1 Å². The maximum atomic E-state index is 12.8. The highest BCUT2D eigenvalue weighted by Gasteiger charge is 2.59. The Morgan fingerprint density at radius 1 is 1.06 bits per heavy atom. The molecule has 3 amide bonds. The van der Waals surface area contributed by atoms with Crippen LogP contribution in [0.4, 0.5) is 5.69 Å². The maximum Gasteiger partial charge on any atom is 0.262 e. The Labute approximate surface area is 207 Å². The third-order valence-corrected chi connectivity index (χ3v) is 7.37. The van der Waals surface area contributed by atoms with Crippen LogP contribution in [0, 0.1) is 23.7 Å². The number of carbonyl (C=O) groups excluding carboxylic acids is 3. The molecule has 9 heteroatoms. The van der Waals surface area contributed by atoms with Crippen molar-refractivity contribution in [1.82, 2.24) is 5.01 Å². The molecule has 168 valence electrons. The second-order valence-corrected chi connectivity index (χ2v) is 9.96. The lowest BCUT2D eigenvalue weighted by Crippen LogP contribution is -2.28. The number of hydrogen-bond donors (Lipinski definition) is 1. The summed E-state index contributed by atoms with van der Waals surface area (Å²) in [4.78, 5) is 37.7. The summed E-state index contributed by atoms with van der Waals surface area (Å²) in [5, 5.41) is 7.98. The molecule has 7 nitrogen and oxygen atoms in total. The average Bonchev–Trinajstić information content (AvgIpc) is 3.47. The molecule has 0 unspecified atom stereocenters. The van der Waals surface area contributed by atoms with Gasteiger partial charge in [0.05, 0.1) is 27.0 Å². The molecule has 2 aromatic rings. The summed E-state index contributed by atoms with van der Waals surface area (Å²) >= 11 is 6.90. The number of hydrazone groups is 1. The van der Waals surface area contributed by atoms with Crippen LogP contribution in [0.15, 0.2) is 68.7 Å². The normalized spacial score (nSPS) is 25.2. The minimum atomic E-state index is -0.286. The van der Waals surface area contributed by atoms with Gasteiger partial charge in [-0.15, -0.1) is 0 Å². The number of amides is 3. The number of imide groups is 1. The predicted octanol–water partition coefficient (Wildman–Crippen LogP) is 4.37. The number of carbonyl (C=O) groups is 3. The van der Waals surface area contributed by atoms with E-state index >= 15 is 0 Å². The van der Waals surface area contributed by atoms with Gasteiger partial charge in [0, 0.05) is 5.69 Å². The Kier molecular flexibility index (Phi) is 5.92. The zero-order valence-corrected chi connectivity index (χ0v) is 20.5. The third kappa shape index (κ3) is 4.15. The zero-order valence-electron chi connectivity index (χ0n) is 17.3. The van der Waals surface area contributed by atoms with Gasteiger partial charge in [0.15, 0.2) is 6.61 Å². The van der Waals surface area contributed by atoms with E-state index < -0.39 is 0 Å². The number of fused-ring (bicyclic) bond motifs is 5.